The minimum absolute atomic E-state index is 0.0177. The van der Waals surface area contributed by atoms with Crippen LogP contribution in [0.5, 0.6) is 0 Å². The number of benzene rings is 1. The first-order chi connectivity index (χ1) is 14.9. The lowest BCUT2D eigenvalue weighted by Crippen LogP contribution is -2.55. The number of rotatable bonds is 5. The van der Waals surface area contributed by atoms with E-state index in [0.717, 1.165) is 17.8 Å². The van der Waals surface area contributed by atoms with Gasteiger partial charge in [0.05, 0.1) is 0 Å². The molecule has 1 aromatic rings. The molecule has 31 heavy (non-hydrogen) atoms. The van der Waals surface area contributed by atoms with Gasteiger partial charge >= 0.3 is 6.03 Å². The maximum atomic E-state index is 13.0. The second kappa shape index (κ2) is 8.63. The van der Waals surface area contributed by atoms with E-state index in [2.05, 4.69) is 27.8 Å². The Labute approximate surface area is 186 Å². The lowest BCUT2D eigenvalue weighted by atomic mass is 9.83. The first kappa shape index (κ1) is 21.2. The number of halogens is 1. The number of allylic oxidation sites excluding steroid dienone is 2. The van der Waals surface area contributed by atoms with Crippen LogP contribution in [0.1, 0.15) is 19.8 Å². The van der Waals surface area contributed by atoms with Crippen LogP contribution in [0.15, 0.2) is 48.2 Å². The third-order valence-electron chi connectivity index (χ3n) is 6.15. The number of nitrogens with zero attached hydrogens (tertiary/aromatic N) is 2. The monoisotopic (exact) mass is 443 g/mol. The zero-order chi connectivity index (χ0) is 22.0. The largest absolute Gasteiger partial charge is 0.387 e. The molecule has 3 heterocycles. The number of dihydropyridines is 1. The van der Waals surface area contributed by atoms with Crippen molar-refractivity contribution in [2.24, 2.45) is 0 Å². The van der Waals surface area contributed by atoms with Gasteiger partial charge in [-0.2, -0.15) is 0 Å². The first-order valence-electron chi connectivity index (χ1n) is 10.4. The quantitative estimate of drug-likeness (QED) is 0.603. The van der Waals surface area contributed by atoms with Gasteiger partial charge in [0.1, 0.15) is 5.54 Å². The molecule has 164 valence electrons. The van der Waals surface area contributed by atoms with Crippen molar-refractivity contribution in [3.05, 3.63) is 53.2 Å². The van der Waals surface area contributed by atoms with Gasteiger partial charge in [-0.15, -0.1) is 0 Å². The average Bonchev–Trinajstić information content (AvgIpc) is 3.07. The fraction of sp³-hybridized carbons (Fsp3) is 0.409. The Bertz CT molecular complexity index is 945. The van der Waals surface area contributed by atoms with Crippen LogP contribution in [0.3, 0.4) is 0 Å². The van der Waals surface area contributed by atoms with Gasteiger partial charge in [0.25, 0.3) is 5.91 Å². The summed E-state index contributed by atoms with van der Waals surface area (Å²) in [5, 5.41) is 8.83. The molecule has 4 rings (SSSR count). The summed E-state index contributed by atoms with van der Waals surface area (Å²) in [5.41, 5.74) is 0.631. The van der Waals surface area contributed by atoms with Gasteiger partial charge in [-0.25, -0.2) is 4.79 Å². The van der Waals surface area contributed by atoms with E-state index >= 15 is 0 Å². The topological polar surface area (TPSA) is 93.8 Å². The highest BCUT2D eigenvalue weighted by Gasteiger charge is 2.49. The summed E-state index contributed by atoms with van der Waals surface area (Å²) in [6.07, 6.45) is 5.77. The van der Waals surface area contributed by atoms with Crippen molar-refractivity contribution in [1.29, 1.82) is 0 Å². The molecular formula is C22H26ClN5O3. The standard InChI is InChI=1S/C22H26ClN5O3/c1-15-14-27(11-12-28(15)18-6-4-17(23)5-7-18)19(29)8-9-22(16-3-2-10-24-13-16)20(30)25-21(31)26-22/h2-7,10,15,24H,8-9,11-14H2,1H3,(H2,25,26,30,31). The molecule has 0 bridgehead atoms. The van der Waals surface area contributed by atoms with Crippen LogP contribution in [0.25, 0.3) is 0 Å². The molecule has 0 saturated carbocycles. The van der Waals surface area contributed by atoms with Gasteiger partial charge < -0.3 is 20.4 Å². The highest BCUT2D eigenvalue weighted by atomic mass is 35.5. The maximum absolute atomic E-state index is 13.0. The summed E-state index contributed by atoms with van der Waals surface area (Å²) in [7, 11) is 0. The van der Waals surface area contributed by atoms with Crippen LogP contribution in [0.2, 0.25) is 5.02 Å². The number of hydrogen-bond acceptors (Lipinski definition) is 5. The molecule has 3 N–H and O–H groups in total. The lowest BCUT2D eigenvalue weighted by molar-refractivity contribution is -0.132. The van der Waals surface area contributed by atoms with Crippen molar-refractivity contribution in [3.8, 4) is 0 Å². The highest BCUT2D eigenvalue weighted by Crippen LogP contribution is 2.29. The van der Waals surface area contributed by atoms with Crippen LogP contribution in [0, 0.1) is 0 Å². The molecule has 3 aliphatic heterocycles. The Kier molecular flexibility index (Phi) is 5.91. The summed E-state index contributed by atoms with van der Waals surface area (Å²) in [6, 6.07) is 7.33. The summed E-state index contributed by atoms with van der Waals surface area (Å²) in [6.45, 7) is 4.45. The summed E-state index contributed by atoms with van der Waals surface area (Å²) < 4.78 is 0. The van der Waals surface area contributed by atoms with Crippen molar-refractivity contribution < 1.29 is 14.4 Å². The predicted molar refractivity (Wildman–Crippen MR) is 119 cm³/mol. The number of carbonyl (C=O) groups is 3. The number of hydrogen-bond donors (Lipinski definition) is 3. The maximum Gasteiger partial charge on any atom is 0.322 e. The van der Waals surface area contributed by atoms with Crippen molar-refractivity contribution in [2.75, 3.05) is 31.1 Å². The minimum Gasteiger partial charge on any atom is -0.387 e. The molecular weight excluding hydrogens is 418 g/mol. The number of urea groups is 1. The molecule has 8 nitrogen and oxygen atoms in total. The third-order valence-corrected chi connectivity index (χ3v) is 6.40. The fourth-order valence-electron chi connectivity index (χ4n) is 4.46. The second-order valence-electron chi connectivity index (χ2n) is 8.10. The fourth-order valence-corrected chi connectivity index (χ4v) is 4.59. The van der Waals surface area contributed by atoms with Gasteiger partial charge in [-0.3, -0.25) is 14.9 Å². The predicted octanol–water partition coefficient (Wildman–Crippen LogP) is 1.78. The molecule has 0 aromatic heterocycles. The Hall–Kier alpha value is -3.00. The Morgan fingerprint density at radius 2 is 2.00 bits per heavy atom. The van der Waals surface area contributed by atoms with Gasteiger partial charge in [0.15, 0.2) is 0 Å². The van der Waals surface area contributed by atoms with Crippen LogP contribution in [-0.2, 0) is 9.59 Å². The summed E-state index contributed by atoms with van der Waals surface area (Å²) in [5.74, 6) is -0.426. The van der Waals surface area contributed by atoms with E-state index < -0.39 is 17.5 Å². The van der Waals surface area contributed by atoms with E-state index in [1.807, 2.05) is 35.2 Å². The van der Waals surface area contributed by atoms with E-state index in [9.17, 15) is 14.4 Å². The van der Waals surface area contributed by atoms with Crippen molar-refractivity contribution >= 4 is 35.1 Å². The third kappa shape index (κ3) is 4.25. The smallest absolute Gasteiger partial charge is 0.322 e. The number of piperazine rings is 1. The van der Waals surface area contributed by atoms with Gasteiger partial charge in [0, 0.05) is 49.4 Å². The zero-order valence-electron chi connectivity index (χ0n) is 17.4. The molecule has 2 saturated heterocycles. The van der Waals surface area contributed by atoms with Crippen molar-refractivity contribution in [3.63, 3.8) is 0 Å². The summed E-state index contributed by atoms with van der Waals surface area (Å²) in [4.78, 5) is 41.6. The molecule has 9 heteroatoms. The van der Waals surface area contributed by atoms with Crippen molar-refractivity contribution in [2.45, 2.75) is 31.3 Å². The van der Waals surface area contributed by atoms with Crippen LogP contribution in [0.4, 0.5) is 10.5 Å². The average molecular weight is 444 g/mol. The van der Waals surface area contributed by atoms with E-state index in [1.54, 1.807) is 12.3 Å². The Morgan fingerprint density at radius 3 is 2.61 bits per heavy atom. The zero-order valence-corrected chi connectivity index (χ0v) is 18.1. The molecule has 2 fully saturated rings. The number of carbonyl (C=O) groups excluding carboxylic acids is 3. The molecule has 2 atom stereocenters. The normalized spacial score (nSPS) is 25.6. The highest BCUT2D eigenvalue weighted by molar-refractivity contribution is 6.30. The molecule has 1 aromatic carbocycles. The first-order valence-corrected chi connectivity index (χ1v) is 10.8. The summed E-state index contributed by atoms with van der Waals surface area (Å²) >= 11 is 5.99. The van der Waals surface area contributed by atoms with Gasteiger partial charge in [-0.05, 0) is 55.5 Å². The minimum atomic E-state index is -1.19. The van der Waals surface area contributed by atoms with E-state index in [0.29, 0.717) is 24.7 Å². The SMILES string of the molecule is CC1CN(C(=O)CCC2(C3=CC=CNC3)NC(=O)NC2=O)CCN1c1ccc(Cl)cc1. The molecule has 0 aliphatic carbocycles. The number of nitrogens with one attached hydrogen (secondary N) is 3. The number of imide groups is 1. The van der Waals surface area contributed by atoms with Crippen molar-refractivity contribution in [1.82, 2.24) is 20.9 Å². The van der Waals surface area contributed by atoms with E-state index in [4.69, 9.17) is 11.6 Å². The van der Waals surface area contributed by atoms with Crippen LogP contribution in [-0.4, -0.2) is 60.5 Å². The second-order valence-corrected chi connectivity index (χ2v) is 8.54. The lowest BCUT2D eigenvalue weighted by Gasteiger charge is -2.41. The molecule has 4 amide bonds. The number of amides is 4. The molecule has 0 spiro atoms. The molecule has 0 radical (unpaired) electrons. The number of anilines is 1. The van der Waals surface area contributed by atoms with Gasteiger partial charge in [-0.1, -0.05) is 17.7 Å². The molecule has 3 aliphatic rings. The van der Waals surface area contributed by atoms with Crippen LogP contribution < -0.4 is 20.9 Å². The molecule has 2 unspecified atom stereocenters. The van der Waals surface area contributed by atoms with Gasteiger partial charge in [0.2, 0.25) is 5.91 Å². The van der Waals surface area contributed by atoms with E-state index in [1.165, 1.54) is 0 Å². The Morgan fingerprint density at radius 1 is 1.23 bits per heavy atom. The van der Waals surface area contributed by atoms with E-state index in [-0.39, 0.29) is 24.8 Å². The Balaban J connectivity index is 1.40. The van der Waals surface area contributed by atoms with Crippen LogP contribution >= 0.6 is 11.6 Å².